The number of rotatable bonds is 3. The van der Waals surface area contributed by atoms with E-state index in [1.54, 1.807) is 0 Å². The van der Waals surface area contributed by atoms with E-state index >= 15 is 0 Å². The van der Waals surface area contributed by atoms with Crippen LogP contribution < -0.4 is 5.32 Å². The minimum absolute atomic E-state index is 0.0575. The van der Waals surface area contributed by atoms with Gasteiger partial charge in [-0.1, -0.05) is 36.6 Å². The molecule has 1 fully saturated rings. The molecule has 1 N–H and O–H groups in total. The molecule has 0 radical (unpaired) electrons. The van der Waals surface area contributed by atoms with Crippen molar-refractivity contribution in [3.8, 4) is 10.4 Å². The lowest BCUT2D eigenvalue weighted by molar-refractivity contribution is 0.0942. The number of carbonyl (C=O) groups is 1. The Kier molecular flexibility index (Phi) is 4.08. The lowest BCUT2D eigenvalue weighted by Gasteiger charge is -2.10. The fourth-order valence-electron chi connectivity index (χ4n) is 2.56. The first-order valence-electron chi connectivity index (χ1n) is 6.89. The third-order valence-corrected chi connectivity index (χ3v) is 5.03. The largest absolute Gasteiger partial charge is 0.349 e. The monoisotopic (exact) mass is 305 g/mol. The van der Waals surface area contributed by atoms with Gasteiger partial charge in [0.25, 0.3) is 5.91 Å². The van der Waals surface area contributed by atoms with Crippen LogP contribution in [-0.2, 0) is 0 Å². The molecular weight excluding hydrogens is 290 g/mol. The number of nitrogens with one attached hydrogen (secondary N) is 1. The number of benzene rings is 1. The molecule has 1 aliphatic rings. The van der Waals surface area contributed by atoms with E-state index in [2.05, 4.69) is 5.32 Å². The molecular formula is C16H16ClNOS. The molecule has 0 spiro atoms. The Morgan fingerprint density at radius 1 is 1.10 bits per heavy atom. The Morgan fingerprint density at radius 3 is 2.50 bits per heavy atom. The molecule has 4 heteroatoms. The maximum atomic E-state index is 12.2. The zero-order valence-electron chi connectivity index (χ0n) is 11.1. The van der Waals surface area contributed by atoms with Crippen molar-refractivity contribution in [2.24, 2.45) is 0 Å². The van der Waals surface area contributed by atoms with Crippen molar-refractivity contribution in [2.75, 3.05) is 0 Å². The van der Waals surface area contributed by atoms with Gasteiger partial charge < -0.3 is 5.32 Å². The summed E-state index contributed by atoms with van der Waals surface area (Å²) in [4.78, 5) is 14.1. The summed E-state index contributed by atoms with van der Waals surface area (Å²) >= 11 is 7.42. The molecule has 1 aromatic heterocycles. The first-order chi connectivity index (χ1) is 9.72. The molecule has 3 rings (SSSR count). The van der Waals surface area contributed by atoms with Gasteiger partial charge in [0.05, 0.1) is 4.88 Å². The van der Waals surface area contributed by atoms with Crippen LogP contribution in [0.2, 0.25) is 5.02 Å². The van der Waals surface area contributed by atoms with E-state index in [4.69, 9.17) is 11.6 Å². The van der Waals surface area contributed by atoms with Crippen LogP contribution in [0.15, 0.2) is 36.4 Å². The summed E-state index contributed by atoms with van der Waals surface area (Å²) in [6.07, 6.45) is 4.68. The minimum Gasteiger partial charge on any atom is -0.349 e. The van der Waals surface area contributed by atoms with Gasteiger partial charge in [0, 0.05) is 15.9 Å². The number of hydrogen-bond donors (Lipinski definition) is 1. The Labute approximate surface area is 127 Å². The van der Waals surface area contributed by atoms with E-state index in [1.165, 1.54) is 24.2 Å². The van der Waals surface area contributed by atoms with Crippen molar-refractivity contribution < 1.29 is 4.79 Å². The van der Waals surface area contributed by atoms with Crippen molar-refractivity contribution in [3.63, 3.8) is 0 Å². The highest BCUT2D eigenvalue weighted by atomic mass is 35.5. The Balaban J connectivity index is 1.72. The highest BCUT2D eigenvalue weighted by Gasteiger charge is 2.19. The Hall–Kier alpha value is -1.32. The van der Waals surface area contributed by atoms with Crippen LogP contribution in [0, 0.1) is 0 Å². The molecule has 0 unspecified atom stereocenters. The molecule has 0 bridgehead atoms. The zero-order valence-corrected chi connectivity index (χ0v) is 12.6. The highest BCUT2D eigenvalue weighted by molar-refractivity contribution is 7.17. The number of amides is 1. The molecule has 1 saturated carbocycles. The average molecular weight is 306 g/mol. The number of carbonyl (C=O) groups excluding carboxylic acids is 1. The second-order valence-corrected chi connectivity index (χ2v) is 6.65. The molecule has 2 nitrogen and oxygen atoms in total. The van der Waals surface area contributed by atoms with Gasteiger partial charge in [-0.3, -0.25) is 4.79 Å². The molecule has 0 atom stereocenters. The van der Waals surface area contributed by atoms with Crippen molar-refractivity contribution in [2.45, 2.75) is 31.7 Å². The summed E-state index contributed by atoms with van der Waals surface area (Å²) in [5, 5.41) is 3.85. The smallest absolute Gasteiger partial charge is 0.261 e. The van der Waals surface area contributed by atoms with Gasteiger partial charge in [-0.15, -0.1) is 11.3 Å². The summed E-state index contributed by atoms with van der Waals surface area (Å²) in [5.74, 6) is 0.0575. The third-order valence-electron chi connectivity index (χ3n) is 3.65. The molecule has 20 heavy (non-hydrogen) atoms. The van der Waals surface area contributed by atoms with Crippen LogP contribution >= 0.6 is 22.9 Å². The number of thiophene rings is 1. The van der Waals surface area contributed by atoms with Crippen LogP contribution in [0.25, 0.3) is 10.4 Å². The van der Waals surface area contributed by atoms with E-state index in [0.717, 1.165) is 33.2 Å². The van der Waals surface area contributed by atoms with Gasteiger partial charge in [-0.05, 0) is 42.7 Å². The lowest BCUT2D eigenvalue weighted by atomic mass is 10.2. The van der Waals surface area contributed by atoms with Gasteiger partial charge in [0.1, 0.15) is 0 Å². The number of hydrogen-bond acceptors (Lipinski definition) is 2. The van der Waals surface area contributed by atoms with Crippen LogP contribution in [-0.4, -0.2) is 11.9 Å². The molecule has 1 amide bonds. The SMILES string of the molecule is O=C(NC1CCCC1)c1ccc(-c2ccc(Cl)cc2)s1. The summed E-state index contributed by atoms with van der Waals surface area (Å²) < 4.78 is 0. The first kappa shape index (κ1) is 13.7. The molecule has 1 aliphatic carbocycles. The topological polar surface area (TPSA) is 29.1 Å². The zero-order chi connectivity index (χ0) is 13.9. The molecule has 104 valence electrons. The minimum atomic E-state index is 0.0575. The predicted molar refractivity (Wildman–Crippen MR) is 84.5 cm³/mol. The maximum absolute atomic E-state index is 12.2. The second-order valence-electron chi connectivity index (χ2n) is 5.13. The first-order valence-corrected chi connectivity index (χ1v) is 8.08. The predicted octanol–water partition coefficient (Wildman–Crippen LogP) is 4.74. The lowest BCUT2D eigenvalue weighted by Crippen LogP contribution is -2.31. The van der Waals surface area contributed by atoms with Crippen LogP contribution in [0.5, 0.6) is 0 Å². The molecule has 1 heterocycles. The maximum Gasteiger partial charge on any atom is 0.261 e. The summed E-state index contributed by atoms with van der Waals surface area (Å²) in [6, 6.07) is 12.0. The molecule has 0 saturated heterocycles. The van der Waals surface area contributed by atoms with E-state index < -0.39 is 0 Å². The van der Waals surface area contributed by atoms with Gasteiger partial charge in [0.15, 0.2) is 0 Å². The quantitative estimate of drug-likeness (QED) is 0.872. The molecule has 2 aromatic rings. The summed E-state index contributed by atoms with van der Waals surface area (Å²) in [7, 11) is 0. The fourth-order valence-corrected chi connectivity index (χ4v) is 3.60. The molecule has 0 aliphatic heterocycles. The fraction of sp³-hybridized carbons (Fsp3) is 0.312. The third kappa shape index (κ3) is 3.05. The van der Waals surface area contributed by atoms with Crippen molar-refractivity contribution in [1.29, 1.82) is 0 Å². The Bertz CT molecular complexity index is 599. The summed E-state index contributed by atoms with van der Waals surface area (Å²) in [5.41, 5.74) is 1.10. The van der Waals surface area contributed by atoms with E-state index in [1.807, 2.05) is 36.4 Å². The van der Waals surface area contributed by atoms with E-state index in [-0.39, 0.29) is 5.91 Å². The van der Waals surface area contributed by atoms with Gasteiger partial charge in [0.2, 0.25) is 0 Å². The van der Waals surface area contributed by atoms with Crippen molar-refractivity contribution >= 4 is 28.8 Å². The van der Waals surface area contributed by atoms with Crippen molar-refractivity contribution in [3.05, 3.63) is 46.3 Å². The average Bonchev–Trinajstić information content (AvgIpc) is 3.10. The van der Waals surface area contributed by atoms with Gasteiger partial charge >= 0.3 is 0 Å². The van der Waals surface area contributed by atoms with Gasteiger partial charge in [-0.25, -0.2) is 0 Å². The number of halogens is 1. The van der Waals surface area contributed by atoms with Crippen LogP contribution in [0.1, 0.15) is 35.4 Å². The van der Waals surface area contributed by atoms with Crippen LogP contribution in [0.4, 0.5) is 0 Å². The van der Waals surface area contributed by atoms with Crippen molar-refractivity contribution in [1.82, 2.24) is 5.32 Å². The Morgan fingerprint density at radius 2 is 1.80 bits per heavy atom. The standard InChI is InChI=1S/C16H16ClNOS/c17-12-7-5-11(6-8-12)14-9-10-15(20-14)16(19)18-13-3-1-2-4-13/h5-10,13H,1-4H2,(H,18,19). The van der Waals surface area contributed by atoms with Gasteiger partial charge in [-0.2, -0.15) is 0 Å². The molecule has 1 aromatic carbocycles. The van der Waals surface area contributed by atoms with E-state index in [9.17, 15) is 4.79 Å². The normalized spacial score (nSPS) is 15.4. The summed E-state index contributed by atoms with van der Waals surface area (Å²) in [6.45, 7) is 0. The van der Waals surface area contributed by atoms with E-state index in [0.29, 0.717) is 6.04 Å². The van der Waals surface area contributed by atoms with Crippen LogP contribution in [0.3, 0.4) is 0 Å². The highest BCUT2D eigenvalue weighted by Crippen LogP contribution is 2.29. The second kappa shape index (κ2) is 5.98.